The Morgan fingerprint density at radius 3 is 1.93 bits per heavy atom. The van der Waals surface area contributed by atoms with Crippen LogP contribution >= 0.6 is 0 Å². The molecule has 1 atom stereocenters. The summed E-state index contributed by atoms with van der Waals surface area (Å²) in [5.74, 6) is 0.723. The summed E-state index contributed by atoms with van der Waals surface area (Å²) in [6.45, 7) is 12.2. The molecule has 4 heteroatoms. The smallest absolute Gasteiger partial charge is 0.385 e. The Kier molecular flexibility index (Phi) is 9.39. The lowest BCUT2D eigenvalue weighted by Crippen LogP contribution is -2.46. The van der Waals surface area contributed by atoms with E-state index in [4.69, 9.17) is 8.85 Å². The van der Waals surface area contributed by atoms with E-state index in [-0.39, 0.29) is 0 Å². The minimum Gasteiger partial charge on any atom is -0.385 e. The molecule has 1 N–H and O–H groups in total. The predicted molar refractivity (Wildman–Crippen MR) is 67.1 cm³/mol. The van der Waals surface area contributed by atoms with Gasteiger partial charge in [-0.05, 0) is 32.6 Å². The first-order valence-corrected chi connectivity index (χ1v) is 7.65. The number of hydrogen-bond donors (Lipinski definition) is 1. The zero-order valence-electron chi connectivity index (χ0n) is 10.9. The highest BCUT2D eigenvalue weighted by molar-refractivity contribution is 6.41. The van der Waals surface area contributed by atoms with Crippen molar-refractivity contribution < 1.29 is 8.85 Å². The maximum Gasteiger partial charge on any atom is 0.408 e. The van der Waals surface area contributed by atoms with Crippen LogP contribution in [-0.4, -0.2) is 28.7 Å². The maximum absolute atomic E-state index is 5.60. The Hall–Kier alpha value is 0.0969. The molecule has 15 heavy (non-hydrogen) atoms. The number of nitrogens with one attached hydrogen (secondary N) is 1. The number of rotatable bonds is 9. The molecular weight excluding hydrogens is 206 g/mol. The minimum atomic E-state index is -1.62. The molecule has 1 unspecified atom stereocenters. The Balaban J connectivity index is 3.96. The normalized spacial score (nSPS) is 13.8. The Morgan fingerprint density at radius 1 is 1.07 bits per heavy atom. The predicted octanol–water partition coefficient (Wildman–Crippen LogP) is 2.19. The van der Waals surface area contributed by atoms with Gasteiger partial charge in [-0.3, -0.25) is 4.98 Å². The van der Waals surface area contributed by atoms with Crippen molar-refractivity contribution in [2.24, 2.45) is 5.92 Å². The fourth-order valence-electron chi connectivity index (χ4n) is 1.56. The Bertz CT molecular complexity index is 139. The molecule has 0 saturated heterocycles. The van der Waals surface area contributed by atoms with Crippen LogP contribution in [0.15, 0.2) is 0 Å². The second-order valence-electron chi connectivity index (χ2n) is 4.14. The van der Waals surface area contributed by atoms with Crippen molar-refractivity contribution in [3.8, 4) is 0 Å². The highest BCUT2D eigenvalue weighted by Gasteiger charge is 2.18. The van der Waals surface area contributed by atoms with Crippen molar-refractivity contribution in [1.29, 1.82) is 0 Å². The van der Waals surface area contributed by atoms with Crippen LogP contribution in [0.2, 0.25) is 0 Å². The molecule has 0 heterocycles. The van der Waals surface area contributed by atoms with Gasteiger partial charge >= 0.3 is 9.45 Å². The second-order valence-corrected chi connectivity index (χ2v) is 5.81. The maximum atomic E-state index is 5.60. The van der Waals surface area contributed by atoms with Gasteiger partial charge in [-0.2, -0.15) is 0 Å². The van der Waals surface area contributed by atoms with Gasteiger partial charge in [-0.25, -0.2) is 0 Å². The molecule has 0 aliphatic heterocycles. The summed E-state index contributed by atoms with van der Waals surface area (Å²) < 4.78 is 11.2. The van der Waals surface area contributed by atoms with E-state index in [9.17, 15) is 0 Å². The van der Waals surface area contributed by atoms with Crippen LogP contribution in [-0.2, 0) is 8.85 Å². The van der Waals surface area contributed by atoms with E-state index >= 15 is 0 Å². The van der Waals surface area contributed by atoms with Gasteiger partial charge in [-0.15, -0.1) is 0 Å². The molecule has 0 aromatic heterocycles. The monoisotopic (exact) mass is 233 g/mol. The van der Waals surface area contributed by atoms with Gasteiger partial charge in [-0.1, -0.05) is 20.8 Å². The van der Waals surface area contributed by atoms with Crippen LogP contribution in [0.5, 0.6) is 0 Å². The first-order valence-electron chi connectivity index (χ1n) is 6.13. The molecule has 0 aliphatic rings. The van der Waals surface area contributed by atoms with Crippen molar-refractivity contribution in [3.05, 3.63) is 0 Å². The fourth-order valence-corrected chi connectivity index (χ4v) is 3.21. The first-order chi connectivity index (χ1) is 7.13. The molecule has 0 aromatic carbocycles. The van der Waals surface area contributed by atoms with E-state index in [2.05, 4.69) is 25.8 Å². The highest BCUT2D eigenvalue weighted by atomic mass is 28.3. The Labute approximate surface area is 96.5 Å². The zero-order chi connectivity index (χ0) is 11.7. The van der Waals surface area contributed by atoms with E-state index in [1.165, 1.54) is 6.42 Å². The molecular formula is C11H27NO2Si. The second kappa shape index (κ2) is 9.33. The minimum absolute atomic E-state index is 0.541. The SMILES string of the molecule is CCO[SiH](NC(CC)CC(C)C)OCC. The molecule has 0 aliphatic carbocycles. The molecule has 0 radical (unpaired) electrons. The summed E-state index contributed by atoms with van der Waals surface area (Å²) in [7, 11) is -1.62. The van der Waals surface area contributed by atoms with Crippen LogP contribution < -0.4 is 4.98 Å². The average molecular weight is 233 g/mol. The van der Waals surface area contributed by atoms with E-state index in [0.29, 0.717) is 6.04 Å². The van der Waals surface area contributed by atoms with E-state index in [1.54, 1.807) is 0 Å². The van der Waals surface area contributed by atoms with E-state index in [0.717, 1.165) is 25.6 Å². The van der Waals surface area contributed by atoms with Gasteiger partial charge in [0.1, 0.15) is 0 Å². The van der Waals surface area contributed by atoms with Crippen molar-refractivity contribution in [1.82, 2.24) is 4.98 Å². The lowest BCUT2D eigenvalue weighted by molar-refractivity contribution is 0.195. The summed E-state index contributed by atoms with van der Waals surface area (Å²) in [6, 6.07) is 0.541. The van der Waals surface area contributed by atoms with E-state index in [1.807, 2.05) is 13.8 Å². The van der Waals surface area contributed by atoms with Crippen molar-refractivity contribution in [2.45, 2.75) is 53.5 Å². The Morgan fingerprint density at radius 2 is 1.60 bits per heavy atom. The van der Waals surface area contributed by atoms with Gasteiger partial charge in [0.05, 0.1) is 0 Å². The van der Waals surface area contributed by atoms with Gasteiger partial charge in [0, 0.05) is 19.3 Å². The molecule has 0 amide bonds. The third-order valence-electron chi connectivity index (χ3n) is 2.26. The quantitative estimate of drug-likeness (QED) is 0.619. The van der Waals surface area contributed by atoms with Gasteiger partial charge < -0.3 is 8.85 Å². The first kappa shape index (κ1) is 15.1. The van der Waals surface area contributed by atoms with Crippen LogP contribution in [0, 0.1) is 5.92 Å². The summed E-state index contributed by atoms with van der Waals surface area (Å²) in [5.41, 5.74) is 0. The summed E-state index contributed by atoms with van der Waals surface area (Å²) >= 11 is 0. The molecule has 0 rings (SSSR count). The molecule has 0 fully saturated rings. The summed E-state index contributed by atoms with van der Waals surface area (Å²) in [5, 5.41) is 0. The molecule has 3 nitrogen and oxygen atoms in total. The topological polar surface area (TPSA) is 30.5 Å². The molecule has 0 saturated carbocycles. The van der Waals surface area contributed by atoms with Gasteiger partial charge in [0.15, 0.2) is 0 Å². The zero-order valence-corrected chi connectivity index (χ0v) is 12.0. The molecule has 92 valence electrons. The average Bonchev–Trinajstić information content (AvgIpc) is 2.16. The lowest BCUT2D eigenvalue weighted by atomic mass is 10.0. The number of hydrogen-bond acceptors (Lipinski definition) is 3. The van der Waals surface area contributed by atoms with Crippen LogP contribution in [0.4, 0.5) is 0 Å². The van der Waals surface area contributed by atoms with Gasteiger partial charge in [0.25, 0.3) is 0 Å². The molecule has 0 spiro atoms. The summed E-state index contributed by atoms with van der Waals surface area (Å²) in [6.07, 6.45) is 2.34. The highest BCUT2D eigenvalue weighted by Crippen LogP contribution is 2.08. The van der Waals surface area contributed by atoms with Crippen molar-refractivity contribution in [2.75, 3.05) is 13.2 Å². The lowest BCUT2D eigenvalue weighted by Gasteiger charge is -2.24. The molecule has 0 bridgehead atoms. The summed E-state index contributed by atoms with van der Waals surface area (Å²) in [4.78, 5) is 3.53. The van der Waals surface area contributed by atoms with E-state index < -0.39 is 9.45 Å². The third-order valence-corrected chi connectivity index (χ3v) is 4.27. The van der Waals surface area contributed by atoms with Crippen molar-refractivity contribution in [3.63, 3.8) is 0 Å². The standard InChI is InChI=1S/C11H27NO2Si/c1-6-11(9-10(4)5)12-15(13-7-2)14-8-3/h10-12,15H,6-9H2,1-5H3. The van der Waals surface area contributed by atoms with Crippen molar-refractivity contribution >= 4 is 9.45 Å². The molecule has 0 aromatic rings. The van der Waals surface area contributed by atoms with Gasteiger partial charge in [0.2, 0.25) is 0 Å². The third kappa shape index (κ3) is 7.96. The van der Waals surface area contributed by atoms with Crippen LogP contribution in [0.25, 0.3) is 0 Å². The largest absolute Gasteiger partial charge is 0.408 e. The van der Waals surface area contributed by atoms with Crippen LogP contribution in [0.3, 0.4) is 0 Å². The van der Waals surface area contributed by atoms with Crippen LogP contribution in [0.1, 0.15) is 47.5 Å². The fraction of sp³-hybridized carbons (Fsp3) is 1.00.